The molecule has 1 aliphatic rings. The summed E-state index contributed by atoms with van der Waals surface area (Å²) in [4.78, 5) is 0. The van der Waals surface area contributed by atoms with Crippen molar-refractivity contribution in [2.45, 2.75) is 0 Å². The van der Waals surface area contributed by atoms with Crippen LogP contribution in [-0.2, 0) is 0 Å². The van der Waals surface area contributed by atoms with Crippen molar-refractivity contribution in [1.29, 1.82) is 0 Å². The highest BCUT2D eigenvalue weighted by molar-refractivity contribution is 6.19. The number of benzene rings is 7. The summed E-state index contributed by atoms with van der Waals surface area (Å²) < 4.78 is 8.67. The smallest absolute Gasteiger partial charge is 0.137 e. The average molecular weight is 534 g/mol. The van der Waals surface area contributed by atoms with Gasteiger partial charge in [0, 0.05) is 33.3 Å². The summed E-state index contributed by atoms with van der Waals surface area (Å²) in [5, 5.41) is 7.46. The predicted molar refractivity (Wildman–Crippen MR) is 175 cm³/mol. The first-order valence-corrected chi connectivity index (χ1v) is 14.4. The van der Waals surface area contributed by atoms with Gasteiger partial charge in [0.05, 0.1) is 11.0 Å². The average Bonchev–Trinajstić information content (AvgIpc) is 3.69. The number of nitrogens with zero attached hydrogens (tertiary/aromatic N) is 1. The van der Waals surface area contributed by atoms with Crippen molar-refractivity contribution in [1.82, 2.24) is 4.57 Å². The van der Waals surface area contributed by atoms with E-state index in [1.165, 1.54) is 60.4 Å². The van der Waals surface area contributed by atoms with E-state index in [1.54, 1.807) is 0 Å². The standard InChI is InChI=1S/C40H23NO/c1-2-9-28-27(8-1)32-13-7-12-31-26(20-21-33(28)40(31)32)24-16-18-25(19-17-24)41-36-14-5-3-10-29(36)34-22-35-30-11-4-6-15-38(30)42-39(35)23-37(34)41/h1-23H. The van der Waals surface area contributed by atoms with Crippen LogP contribution < -0.4 is 0 Å². The molecule has 194 valence electrons. The van der Waals surface area contributed by atoms with E-state index in [4.69, 9.17) is 4.42 Å². The van der Waals surface area contributed by atoms with E-state index in [0.717, 1.165) is 33.1 Å². The Morgan fingerprint density at radius 3 is 1.90 bits per heavy atom. The lowest BCUT2D eigenvalue weighted by Gasteiger charge is -2.12. The van der Waals surface area contributed by atoms with Gasteiger partial charge in [-0.3, -0.25) is 0 Å². The monoisotopic (exact) mass is 533 g/mol. The molecule has 0 atom stereocenters. The van der Waals surface area contributed by atoms with Crippen LogP contribution in [0.3, 0.4) is 0 Å². The first kappa shape index (κ1) is 22.1. The highest BCUT2D eigenvalue weighted by Crippen LogP contribution is 2.49. The van der Waals surface area contributed by atoms with Gasteiger partial charge in [0.15, 0.2) is 0 Å². The molecule has 7 aromatic carbocycles. The summed E-state index contributed by atoms with van der Waals surface area (Å²) in [5.41, 5.74) is 13.1. The Kier molecular flexibility index (Phi) is 4.21. The second kappa shape index (κ2) is 7.99. The van der Waals surface area contributed by atoms with Crippen LogP contribution >= 0.6 is 0 Å². The van der Waals surface area contributed by atoms with Crippen molar-refractivity contribution in [3.63, 3.8) is 0 Å². The predicted octanol–water partition coefficient (Wildman–Crippen LogP) is 11.2. The Morgan fingerprint density at radius 1 is 0.381 bits per heavy atom. The van der Waals surface area contributed by atoms with Crippen molar-refractivity contribution in [3.05, 3.63) is 140 Å². The van der Waals surface area contributed by atoms with Gasteiger partial charge in [-0.2, -0.15) is 0 Å². The second-order valence-corrected chi connectivity index (χ2v) is 11.3. The van der Waals surface area contributed by atoms with Crippen LogP contribution in [-0.4, -0.2) is 4.57 Å². The Morgan fingerprint density at radius 2 is 1.05 bits per heavy atom. The minimum Gasteiger partial charge on any atom is -0.456 e. The third-order valence-corrected chi connectivity index (χ3v) is 9.16. The van der Waals surface area contributed by atoms with Gasteiger partial charge in [-0.25, -0.2) is 0 Å². The minimum atomic E-state index is 0.915. The van der Waals surface area contributed by atoms with Gasteiger partial charge < -0.3 is 8.98 Å². The molecule has 42 heavy (non-hydrogen) atoms. The lowest BCUT2D eigenvalue weighted by Crippen LogP contribution is -1.94. The normalized spacial score (nSPS) is 12.3. The first-order chi connectivity index (χ1) is 20.8. The maximum atomic E-state index is 6.30. The van der Waals surface area contributed by atoms with E-state index in [-0.39, 0.29) is 0 Å². The van der Waals surface area contributed by atoms with Crippen LogP contribution in [0.25, 0.3) is 93.6 Å². The van der Waals surface area contributed by atoms with Gasteiger partial charge in [0.2, 0.25) is 0 Å². The fourth-order valence-electron chi connectivity index (χ4n) is 7.32. The first-order valence-electron chi connectivity index (χ1n) is 14.4. The molecule has 10 rings (SSSR count). The van der Waals surface area contributed by atoms with E-state index in [9.17, 15) is 0 Å². The maximum Gasteiger partial charge on any atom is 0.137 e. The number of hydrogen-bond acceptors (Lipinski definition) is 1. The fourth-order valence-corrected chi connectivity index (χ4v) is 7.32. The van der Waals surface area contributed by atoms with Crippen LogP contribution in [0, 0.1) is 0 Å². The van der Waals surface area contributed by atoms with Crippen LogP contribution in [0.4, 0.5) is 0 Å². The van der Waals surface area contributed by atoms with Crippen molar-refractivity contribution >= 4 is 54.5 Å². The summed E-state index contributed by atoms with van der Waals surface area (Å²) >= 11 is 0. The van der Waals surface area contributed by atoms with E-state index in [1.807, 2.05) is 12.1 Å². The molecule has 2 heterocycles. The molecule has 0 radical (unpaired) electrons. The van der Waals surface area contributed by atoms with Crippen molar-refractivity contribution in [2.24, 2.45) is 0 Å². The molecule has 0 N–H and O–H groups in total. The molecular weight excluding hydrogens is 510 g/mol. The van der Waals surface area contributed by atoms with Crippen LogP contribution in [0.1, 0.15) is 0 Å². The minimum absolute atomic E-state index is 0.915. The molecule has 0 saturated carbocycles. The molecule has 2 nitrogen and oxygen atoms in total. The molecule has 0 aliphatic heterocycles. The molecular formula is C40H23NO. The Labute approximate surface area is 241 Å². The zero-order valence-corrected chi connectivity index (χ0v) is 22.6. The second-order valence-electron chi connectivity index (χ2n) is 11.3. The molecule has 2 heteroatoms. The summed E-state index contributed by atoms with van der Waals surface area (Å²) in [5.74, 6) is 0. The topological polar surface area (TPSA) is 18.1 Å². The van der Waals surface area contributed by atoms with Crippen LogP contribution in [0.5, 0.6) is 0 Å². The molecule has 0 saturated heterocycles. The van der Waals surface area contributed by atoms with E-state index in [0.29, 0.717) is 0 Å². The van der Waals surface area contributed by atoms with Gasteiger partial charge in [0.25, 0.3) is 0 Å². The number of aromatic nitrogens is 1. The maximum absolute atomic E-state index is 6.30. The summed E-state index contributed by atoms with van der Waals surface area (Å²) in [6, 6.07) is 50.6. The van der Waals surface area contributed by atoms with E-state index in [2.05, 4.69) is 132 Å². The zero-order chi connectivity index (χ0) is 27.4. The van der Waals surface area contributed by atoms with Crippen molar-refractivity contribution < 1.29 is 4.42 Å². The van der Waals surface area contributed by atoms with Gasteiger partial charge in [-0.1, -0.05) is 103 Å². The van der Waals surface area contributed by atoms with E-state index < -0.39 is 0 Å². The lowest BCUT2D eigenvalue weighted by molar-refractivity contribution is 0.669. The third kappa shape index (κ3) is 2.83. The summed E-state index contributed by atoms with van der Waals surface area (Å²) in [6.07, 6.45) is 0. The summed E-state index contributed by atoms with van der Waals surface area (Å²) in [7, 11) is 0. The number of rotatable bonds is 2. The number of furan rings is 1. The SMILES string of the molecule is c1ccc2c(c1)-c1cccc3c(-c4ccc(-n5c6ccccc6c6cc7c(cc65)oc5ccccc57)cc4)ccc-2c13. The van der Waals surface area contributed by atoms with Crippen LogP contribution in [0.2, 0.25) is 0 Å². The highest BCUT2D eigenvalue weighted by atomic mass is 16.3. The zero-order valence-electron chi connectivity index (χ0n) is 22.6. The molecule has 0 fully saturated rings. The Balaban J connectivity index is 1.17. The molecule has 0 spiro atoms. The number of hydrogen-bond donors (Lipinski definition) is 0. The quantitative estimate of drug-likeness (QED) is 0.216. The van der Waals surface area contributed by atoms with Gasteiger partial charge in [-0.15, -0.1) is 0 Å². The Hall–Kier alpha value is -5.60. The number of para-hydroxylation sites is 2. The van der Waals surface area contributed by atoms with Gasteiger partial charge in [0.1, 0.15) is 11.2 Å². The molecule has 0 amide bonds. The van der Waals surface area contributed by atoms with Gasteiger partial charge >= 0.3 is 0 Å². The lowest BCUT2D eigenvalue weighted by atomic mass is 9.94. The van der Waals surface area contributed by atoms with Gasteiger partial charge in [-0.05, 0) is 74.5 Å². The molecule has 0 unspecified atom stereocenters. The third-order valence-electron chi connectivity index (χ3n) is 9.16. The highest BCUT2D eigenvalue weighted by Gasteiger charge is 2.22. The Bertz CT molecular complexity index is 2530. The fraction of sp³-hybridized carbons (Fsp3) is 0. The van der Waals surface area contributed by atoms with Crippen molar-refractivity contribution in [2.75, 3.05) is 0 Å². The molecule has 9 aromatic rings. The van der Waals surface area contributed by atoms with Crippen molar-refractivity contribution in [3.8, 4) is 39.1 Å². The summed E-state index contributed by atoms with van der Waals surface area (Å²) in [6.45, 7) is 0. The number of fused-ring (bicyclic) bond motifs is 9. The van der Waals surface area contributed by atoms with E-state index >= 15 is 0 Å². The molecule has 2 aromatic heterocycles. The molecule has 0 bridgehead atoms. The van der Waals surface area contributed by atoms with Crippen LogP contribution in [0.15, 0.2) is 144 Å². The molecule has 1 aliphatic carbocycles. The largest absolute Gasteiger partial charge is 0.456 e.